The molecule has 0 saturated carbocycles. The van der Waals surface area contributed by atoms with Gasteiger partial charge in [-0.15, -0.1) is 4.91 Å². The van der Waals surface area contributed by atoms with Crippen LogP contribution >= 0.6 is 0 Å². The van der Waals surface area contributed by atoms with E-state index in [9.17, 15) is 4.91 Å². The molecule has 0 bridgehead atoms. The SMILES string of the molecule is O=Nc1c(CNc2ccccc2)ccc2cccnc12. The van der Waals surface area contributed by atoms with Gasteiger partial charge in [-0.3, -0.25) is 4.98 Å². The number of benzene rings is 2. The number of hydrogen-bond acceptors (Lipinski definition) is 4. The Bertz CT molecular complexity index is 741. The van der Waals surface area contributed by atoms with E-state index in [2.05, 4.69) is 15.5 Å². The van der Waals surface area contributed by atoms with Crippen molar-refractivity contribution >= 4 is 22.3 Å². The Morgan fingerprint density at radius 2 is 1.85 bits per heavy atom. The first-order chi connectivity index (χ1) is 9.88. The van der Waals surface area contributed by atoms with Gasteiger partial charge in [0.25, 0.3) is 0 Å². The molecule has 2 aromatic carbocycles. The Balaban J connectivity index is 1.93. The summed E-state index contributed by atoms with van der Waals surface area (Å²) in [5.41, 5.74) is 2.90. The van der Waals surface area contributed by atoms with Gasteiger partial charge in [-0.2, -0.15) is 0 Å². The zero-order valence-electron chi connectivity index (χ0n) is 10.8. The van der Waals surface area contributed by atoms with Crippen LogP contribution in [0, 0.1) is 4.91 Å². The highest BCUT2D eigenvalue weighted by Crippen LogP contribution is 2.28. The molecule has 4 heteroatoms. The predicted octanol–water partition coefficient (Wildman–Crippen LogP) is 4.24. The molecule has 4 nitrogen and oxygen atoms in total. The Morgan fingerprint density at radius 1 is 1.00 bits per heavy atom. The van der Waals surface area contributed by atoms with E-state index in [1.165, 1.54) is 0 Å². The van der Waals surface area contributed by atoms with Crippen molar-refractivity contribution in [1.29, 1.82) is 0 Å². The summed E-state index contributed by atoms with van der Waals surface area (Å²) in [6.45, 7) is 0.539. The number of nitrogens with zero attached hydrogens (tertiary/aromatic N) is 2. The van der Waals surface area contributed by atoms with Crippen LogP contribution in [0.25, 0.3) is 10.9 Å². The van der Waals surface area contributed by atoms with Crippen molar-refractivity contribution in [2.45, 2.75) is 6.54 Å². The van der Waals surface area contributed by atoms with Gasteiger partial charge in [-0.25, -0.2) is 0 Å². The lowest BCUT2D eigenvalue weighted by atomic mass is 10.1. The molecule has 0 aliphatic heterocycles. The Morgan fingerprint density at radius 3 is 2.65 bits per heavy atom. The fourth-order valence-corrected chi connectivity index (χ4v) is 2.17. The fourth-order valence-electron chi connectivity index (χ4n) is 2.17. The van der Waals surface area contributed by atoms with E-state index in [-0.39, 0.29) is 0 Å². The first kappa shape index (κ1) is 12.3. The molecule has 0 saturated heterocycles. The molecule has 0 radical (unpaired) electrons. The highest BCUT2D eigenvalue weighted by atomic mass is 16.3. The Hall–Kier alpha value is -2.75. The summed E-state index contributed by atoms with van der Waals surface area (Å²) in [4.78, 5) is 15.4. The normalized spacial score (nSPS) is 10.4. The first-order valence-electron chi connectivity index (χ1n) is 6.37. The summed E-state index contributed by atoms with van der Waals surface area (Å²) in [7, 11) is 0. The molecule has 1 N–H and O–H groups in total. The molecule has 0 fully saturated rings. The summed E-state index contributed by atoms with van der Waals surface area (Å²) in [5, 5.41) is 7.35. The van der Waals surface area contributed by atoms with Crippen LogP contribution in [0.15, 0.2) is 66.0 Å². The summed E-state index contributed by atoms with van der Waals surface area (Å²) in [6, 6.07) is 17.5. The average Bonchev–Trinajstić information content (AvgIpc) is 2.53. The zero-order chi connectivity index (χ0) is 13.8. The number of nitroso groups, excluding NO2 is 1. The maximum Gasteiger partial charge on any atom is 0.139 e. The summed E-state index contributed by atoms with van der Waals surface area (Å²) in [6.07, 6.45) is 1.67. The number of fused-ring (bicyclic) bond motifs is 1. The summed E-state index contributed by atoms with van der Waals surface area (Å²) < 4.78 is 0. The maximum absolute atomic E-state index is 11.1. The van der Waals surface area contributed by atoms with Crippen LogP contribution < -0.4 is 5.32 Å². The molecule has 1 heterocycles. The van der Waals surface area contributed by atoms with Crippen LogP contribution in [0.2, 0.25) is 0 Å². The molecular weight excluding hydrogens is 250 g/mol. The van der Waals surface area contributed by atoms with Crippen molar-refractivity contribution in [3.63, 3.8) is 0 Å². The topological polar surface area (TPSA) is 54.4 Å². The number of anilines is 1. The van der Waals surface area contributed by atoms with E-state index in [4.69, 9.17) is 0 Å². The number of para-hydroxylation sites is 1. The predicted molar refractivity (Wildman–Crippen MR) is 81.0 cm³/mol. The molecule has 3 aromatic rings. The van der Waals surface area contributed by atoms with Crippen molar-refractivity contribution < 1.29 is 0 Å². The monoisotopic (exact) mass is 263 g/mol. The second kappa shape index (κ2) is 5.48. The van der Waals surface area contributed by atoms with Crippen molar-refractivity contribution in [3.05, 3.63) is 71.3 Å². The van der Waals surface area contributed by atoms with Crippen LogP contribution in [0.4, 0.5) is 11.4 Å². The molecule has 0 unspecified atom stereocenters. The van der Waals surface area contributed by atoms with Crippen LogP contribution in [-0.2, 0) is 6.54 Å². The molecule has 98 valence electrons. The van der Waals surface area contributed by atoms with Crippen molar-refractivity contribution in [1.82, 2.24) is 4.98 Å². The minimum Gasteiger partial charge on any atom is -0.381 e. The molecule has 0 aliphatic rings. The lowest BCUT2D eigenvalue weighted by molar-refractivity contribution is 1.14. The number of nitrogens with one attached hydrogen (secondary N) is 1. The average molecular weight is 263 g/mol. The zero-order valence-corrected chi connectivity index (χ0v) is 10.8. The number of hydrogen-bond donors (Lipinski definition) is 1. The molecule has 1 aromatic heterocycles. The molecule has 20 heavy (non-hydrogen) atoms. The number of pyridine rings is 1. The lowest BCUT2D eigenvalue weighted by Crippen LogP contribution is -1.99. The van der Waals surface area contributed by atoms with Crippen molar-refractivity contribution in [3.8, 4) is 0 Å². The van der Waals surface area contributed by atoms with Crippen LogP contribution in [0.1, 0.15) is 5.56 Å². The number of rotatable bonds is 4. The lowest BCUT2D eigenvalue weighted by Gasteiger charge is -2.09. The minimum atomic E-state index is 0.409. The summed E-state index contributed by atoms with van der Waals surface area (Å²) >= 11 is 0. The summed E-state index contributed by atoms with van der Waals surface area (Å²) in [5.74, 6) is 0. The Labute approximate surface area is 116 Å². The van der Waals surface area contributed by atoms with Gasteiger partial charge in [0.1, 0.15) is 5.69 Å². The van der Waals surface area contributed by atoms with Crippen LogP contribution in [0.5, 0.6) is 0 Å². The second-order valence-corrected chi connectivity index (χ2v) is 4.46. The van der Waals surface area contributed by atoms with E-state index >= 15 is 0 Å². The smallest absolute Gasteiger partial charge is 0.139 e. The quantitative estimate of drug-likeness (QED) is 0.716. The van der Waals surface area contributed by atoms with Crippen molar-refractivity contribution in [2.24, 2.45) is 5.18 Å². The molecule has 0 atom stereocenters. The van der Waals surface area contributed by atoms with Crippen LogP contribution in [-0.4, -0.2) is 4.98 Å². The van der Waals surface area contributed by atoms with Gasteiger partial charge in [0.15, 0.2) is 0 Å². The van der Waals surface area contributed by atoms with Gasteiger partial charge in [-0.05, 0) is 23.4 Å². The van der Waals surface area contributed by atoms with Gasteiger partial charge >= 0.3 is 0 Å². The van der Waals surface area contributed by atoms with Gasteiger partial charge < -0.3 is 5.32 Å². The molecular formula is C16H13N3O. The largest absolute Gasteiger partial charge is 0.381 e. The third kappa shape index (κ3) is 2.36. The highest BCUT2D eigenvalue weighted by Gasteiger charge is 2.09. The maximum atomic E-state index is 11.1. The molecule has 0 amide bonds. The molecule has 0 spiro atoms. The molecule has 3 rings (SSSR count). The fraction of sp³-hybridized carbons (Fsp3) is 0.0625. The van der Waals surface area contributed by atoms with E-state index in [0.717, 1.165) is 16.6 Å². The van der Waals surface area contributed by atoms with Gasteiger partial charge in [-0.1, -0.05) is 36.4 Å². The number of aromatic nitrogens is 1. The molecule has 0 aliphatic carbocycles. The van der Waals surface area contributed by atoms with Crippen molar-refractivity contribution in [2.75, 3.05) is 5.32 Å². The van der Waals surface area contributed by atoms with E-state index in [1.54, 1.807) is 6.20 Å². The van der Waals surface area contributed by atoms with E-state index in [1.807, 2.05) is 54.6 Å². The standard InChI is InChI=1S/C16H13N3O/c20-19-16-13(11-18-14-6-2-1-3-7-14)9-8-12-5-4-10-17-15(12)16/h1-10,18H,11H2. The highest BCUT2D eigenvalue weighted by molar-refractivity contribution is 5.90. The third-order valence-electron chi connectivity index (χ3n) is 3.18. The Kier molecular flexibility index (Phi) is 3.37. The van der Waals surface area contributed by atoms with Gasteiger partial charge in [0.05, 0.1) is 5.52 Å². The van der Waals surface area contributed by atoms with E-state index in [0.29, 0.717) is 17.7 Å². The minimum absolute atomic E-state index is 0.409. The van der Waals surface area contributed by atoms with Gasteiger partial charge in [0, 0.05) is 29.4 Å². The van der Waals surface area contributed by atoms with E-state index < -0.39 is 0 Å². The first-order valence-corrected chi connectivity index (χ1v) is 6.37. The van der Waals surface area contributed by atoms with Crippen LogP contribution in [0.3, 0.4) is 0 Å². The third-order valence-corrected chi connectivity index (χ3v) is 3.18. The van der Waals surface area contributed by atoms with Gasteiger partial charge in [0.2, 0.25) is 0 Å². The second-order valence-electron chi connectivity index (χ2n) is 4.46.